The molecule has 0 bridgehead atoms. The number of carbonyl (C=O) groups is 1. The average molecular weight is 130 g/mol. The van der Waals surface area contributed by atoms with Gasteiger partial charge < -0.3 is 9.84 Å². The molecule has 3 nitrogen and oxygen atoms in total. The van der Waals surface area contributed by atoms with Gasteiger partial charge in [0, 0.05) is 0 Å². The van der Waals surface area contributed by atoms with E-state index < -0.39 is 5.97 Å². The Hall–Kier alpha value is -0.830. The van der Waals surface area contributed by atoms with Gasteiger partial charge in [-0.2, -0.15) is 0 Å². The van der Waals surface area contributed by atoms with Crippen molar-refractivity contribution >= 4 is 5.97 Å². The summed E-state index contributed by atoms with van der Waals surface area (Å²) in [4.78, 5) is 10.5. The molecule has 0 aromatic heterocycles. The SMILES string of the molecule is C/C=C(\CO)C(=O)OC. The van der Waals surface area contributed by atoms with Crippen LogP contribution in [0, 0.1) is 0 Å². The van der Waals surface area contributed by atoms with Crippen LogP contribution in [0.3, 0.4) is 0 Å². The minimum atomic E-state index is -0.472. The molecule has 0 saturated carbocycles. The van der Waals surface area contributed by atoms with Crippen molar-refractivity contribution in [1.82, 2.24) is 0 Å². The minimum Gasteiger partial charge on any atom is -0.466 e. The van der Waals surface area contributed by atoms with Gasteiger partial charge in [0.2, 0.25) is 0 Å². The summed E-state index contributed by atoms with van der Waals surface area (Å²) >= 11 is 0. The number of hydrogen-bond acceptors (Lipinski definition) is 3. The zero-order valence-corrected chi connectivity index (χ0v) is 5.55. The third kappa shape index (κ3) is 2.28. The van der Waals surface area contributed by atoms with E-state index in [0.29, 0.717) is 0 Å². The van der Waals surface area contributed by atoms with Crippen LogP contribution in [0.25, 0.3) is 0 Å². The van der Waals surface area contributed by atoms with Crippen molar-refractivity contribution in [2.24, 2.45) is 0 Å². The first-order valence-corrected chi connectivity index (χ1v) is 2.60. The predicted octanol–water partition coefficient (Wildman–Crippen LogP) is 0.0980. The van der Waals surface area contributed by atoms with Gasteiger partial charge in [-0.05, 0) is 6.92 Å². The molecule has 0 amide bonds. The number of rotatable bonds is 2. The van der Waals surface area contributed by atoms with E-state index in [4.69, 9.17) is 5.11 Å². The highest BCUT2D eigenvalue weighted by Gasteiger charge is 2.04. The van der Waals surface area contributed by atoms with Crippen LogP contribution in [0.15, 0.2) is 11.6 Å². The average Bonchev–Trinajstić information content (AvgIpc) is 1.90. The molecule has 1 N–H and O–H groups in total. The fourth-order valence-electron chi connectivity index (χ4n) is 0.405. The summed E-state index contributed by atoms with van der Waals surface area (Å²) in [7, 11) is 1.28. The van der Waals surface area contributed by atoms with E-state index in [1.807, 2.05) is 0 Å². The third-order valence-corrected chi connectivity index (χ3v) is 0.966. The van der Waals surface area contributed by atoms with Crippen LogP contribution in [-0.2, 0) is 9.53 Å². The topological polar surface area (TPSA) is 46.5 Å². The monoisotopic (exact) mass is 130 g/mol. The number of allylic oxidation sites excluding steroid dienone is 1. The molecule has 0 atom stereocenters. The molecule has 0 saturated heterocycles. The van der Waals surface area contributed by atoms with Crippen LogP contribution < -0.4 is 0 Å². The Morgan fingerprint density at radius 2 is 2.33 bits per heavy atom. The van der Waals surface area contributed by atoms with Crippen molar-refractivity contribution < 1.29 is 14.6 Å². The van der Waals surface area contributed by atoms with Crippen molar-refractivity contribution in [3.63, 3.8) is 0 Å². The molecule has 0 aliphatic carbocycles. The molecule has 0 aliphatic heterocycles. The van der Waals surface area contributed by atoms with Gasteiger partial charge in [0.1, 0.15) is 0 Å². The van der Waals surface area contributed by atoms with E-state index in [1.54, 1.807) is 6.92 Å². The quantitative estimate of drug-likeness (QED) is 0.426. The Labute approximate surface area is 53.9 Å². The van der Waals surface area contributed by atoms with Crippen molar-refractivity contribution in [3.8, 4) is 0 Å². The molecule has 0 aromatic rings. The molecule has 0 unspecified atom stereocenters. The second kappa shape index (κ2) is 4.09. The lowest BCUT2D eigenvalue weighted by molar-refractivity contribution is -0.136. The maximum Gasteiger partial charge on any atom is 0.335 e. The highest BCUT2D eigenvalue weighted by Crippen LogP contribution is 1.93. The first-order valence-electron chi connectivity index (χ1n) is 2.60. The van der Waals surface area contributed by atoms with Gasteiger partial charge >= 0.3 is 5.97 Å². The molecular weight excluding hydrogens is 120 g/mol. The van der Waals surface area contributed by atoms with Gasteiger partial charge in [-0.15, -0.1) is 0 Å². The van der Waals surface area contributed by atoms with Crippen LogP contribution in [0.1, 0.15) is 6.92 Å². The molecular formula is C6H10O3. The van der Waals surface area contributed by atoms with Gasteiger partial charge in [-0.25, -0.2) is 4.79 Å². The second-order valence-electron chi connectivity index (χ2n) is 1.46. The number of aliphatic hydroxyl groups excluding tert-OH is 1. The first kappa shape index (κ1) is 8.17. The van der Waals surface area contributed by atoms with E-state index in [9.17, 15) is 4.79 Å². The molecule has 0 aromatic carbocycles. The number of ether oxygens (including phenoxy) is 1. The molecule has 0 spiro atoms. The summed E-state index contributed by atoms with van der Waals surface area (Å²) in [6.07, 6.45) is 1.52. The van der Waals surface area contributed by atoms with Crippen molar-refractivity contribution in [3.05, 3.63) is 11.6 Å². The summed E-state index contributed by atoms with van der Waals surface area (Å²) in [6.45, 7) is 1.41. The Kier molecular flexibility index (Phi) is 3.71. The molecule has 3 heteroatoms. The maximum atomic E-state index is 10.5. The standard InChI is InChI=1S/C6H10O3/c1-3-5(4-7)6(8)9-2/h3,7H,4H2,1-2H3/b5-3+. The van der Waals surface area contributed by atoms with E-state index in [2.05, 4.69) is 4.74 Å². The fourth-order valence-corrected chi connectivity index (χ4v) is 0.405. The first-order chi connectivity index (χ1) is 4.26. The van der Waals surface area contributed by atoms with Crippen LogP contribution in [0.4, 0.5) is 0 Å². The molecule has 52 valence electrons. The molecule has 0 rings (SSSR count). The zero-order valence-electron chi connectivity index (χ0n) is 5.55. The largest absolute Gasteiger partial charge is 0.466 e. The van der Waals surface area contributed by atoms with E-state index >= 15 is 0 Å². The normalized spacial score (nSPS) is 11.2. The molecule has 0 heterocycles. The molecule has 0 aliphatic rings. The Bertz CT molecular complexity index is 126. The smallest absolute Gasteiger partial charge is 0.335 e. The highest BCUT2D eigenvalue weighted by atomic mass is 16.5. The second-order valence-corrected chi connectivity index (χ2v) is 1.46. The highest BCUT2D eigenvalue weighted by molar-refractivity contribution is 5.88. The van der Waals surface area contributed by atoms with E-state index in [-0.39, 0.29) is 12.2 Å². The van der Waals surface area contributed by atoms with Gasteiger partial charge in [-0.3, -0.25) is 0 Å². The van der Waals surface area contributed by atoms with Crippen LogP contribution in [0.5, 0.6) is 0 Å². The Morgan fingerprint density at radius 3 is 2.44 bits per heavy atom. The van der Waals surface area contributed by atoms with Gasteiger partial charge in [0.25, 0.3) is 0 Å². The summed E-state index contributed by atoms with van der Waals surface area (Å²) in [5, 5.41) is 8.46. The Balaban J connectivity index is 3.97. The number of hydrogen-bond donors (Lipinski definition) is 1. The van der Waals surface area contributed by atoms with Crippen LogP contribution >= 0.6 is 0 Å². The van der Waals surface area contributed by atoms with Crippen LogP contribution in [-0.4, -0.2) is 24.8 Å². The van der Waals surface area contributed by atoms with Crippen molar-refractivity contribution in [1.29, 1.82) is 0 Å². The number of carbonyl (C=O) groups excluding carboxylic acids is 1. The number of aliphatic hydroxyl groups is 1. The summed E-state index contributed by atoms with van der Waals surface area (Å²) in [5.74, 6) is -0.472. The lowest BCUT2D eigenvalue weighted by atomic mass is 10.3. The van der Waals surface area contributed by atoms with E-state index in [1.165, 1.54) is 13.2 Å². The van der Waals surface area contributed by atoms with Crippen LogP contribution in [0.2, 0.25) is 0 Å². The molecule has 9 heavy (non-hydrogen) atoms. The van der Waals surface area contributed by atoms with Crippen molar-refractivity contribution in [2.45, 2.75) is 6.92 Å². The lowest BCUT2D eigenvalue weighted by Crippen LogP contribution is -2.07. The van der Waals surface area contributed by atoms with Gasteiger partial charge in [0.05, 0.1) is 19.3 Å². The summed E-state index contributed by atoms with van der Waals surface area (Å²) in [6, 6.07) is 0. The maximum absolute atomic E-state index is 10.5. The number of esters is 1. The van der Waals surface area contributed by atoms with E-state index in [0.717, 1.165) is 0 Å². The summed E-state index contributed by atoms with van der Waals surface area (Å²) < 4.78 is 4.33. The Morgan fingerprint density at radius 1 is 1.78 bits per heavy atom. The molecule has 0 radical (unpaired) electrons. The van der Waals surface area contributed by atoms with Gasteiger partial charge in [0.15, 0.2) is 0 Å². The van der Waals surface area contributed by atoms with Gasteiger partial charge in [-0.1, -0.05) is 6.08 Å². The summed E-state index contributed by atoms with van der Waals surface area (Å²) in [5.41, 5.74) is 0.289. The predicted molar refractivity (Wildman–Crippen MR) is 32.9 cm³/mol. The molecule has 0 fully saturated rings. The van der Waals surface area contributed by atoms with Crippen molar-refractivity contribution in [2.75, 3.05) is 13.7 Å². The number of methoxy groups -OCH3 is 1. The zero-order chi connectivity index (χ0) is 7.28. The lowest BCUT2D eigenvalue weighted by Gasteiger charge is -1.97. The third-order valence-electron chi connectivity index (χ3n) is 0.966. The fraction of sp³-hybridized carbons (Fsp3) is 0.500. The minimum absolute atomic E-state index is 0.261.